The topological polar surface area (TPSA) is 15.3 Å². The zero-order valence-corrected chi connectivity index (χ0v) is 11.7. The van der Waals surface area contributed by atoms with Crippen LogP contribution in [0, 0.1) is 5.41 Å². The molecule has 0 saturated carbocycles. The summed E-state index contributed by atoms with van der Waals surface area (Å²) in [5.74, 6) is 0. The van der Waals surface area contributed by atoms with Gasteiger partial charge >= 0.3 is 0 Å². The summed E-state index contributed by atoms with van der Waals surface area (Å²) in [5.41, 5.74) is 0.420. The average Bonchev–Trinajstić information content (AvgIpc) is 2.17. The number of hydrogen-bond acceptors (Lipinski definition) is 2. The van der Waals surface area contributed by atoms with Gasteiger partial charge in [0.1, 0.15) is 0 Å². The third-order valence-corrected chi connectivity index (χ3v) is 3.13. The summed E-state index contributed by atoms with van der Waals surface area (Å²) in [6, 6.07) is 0.739. The van der Waals surface area contributed by atoms with Crippen molar-refractivity contribution in [2.45, 2.75) is 59.4 Å². The van der Waals surface area contributed by atoms with E-state index in [0.717, 1.165) is 6.04 Å². The Bertz CT molecular complexity index is 178. The van der Waals surface area contributed by atoms with E-state index >= 15 is 0 Å². The van der Waals surface area contributed by atoms with Gasteiger partial charge in [-0.15, -0.1) is 0 Å². The minimum atomic E-state index is 0.420. The monoisotopic (exact) mass is 226 g/mol. The molecule has 0 spiro atoms. The summed E-state index contributed by atoms with van der Waals surface area (Å²) >= 11 is 0. The van der Waals surface area contributed by atoms with E-state index in [1.165, 1.54) is 51.9 Å². The molecule has 0 bridgehead atoms. The molecule has 0 aliphatic carbocycles. The lowest BCUT2D eigenvalue weighted by Crippen LogP contribution is -2.46. The molecule has 1 unspecified atom stereocenters. The summed E-state index contributed by atoms with van der Waals surface area (Å²) in [4.78, 5) is 2.64. The molecular formula is C14H30N2. The second-order valence-corrected chi connectivity index (χ2v) is 6.44. The van der Waals surface area contributed by atoms with Crippen LogP contribution >= 0.6 is 0 Å². The number of hydrogen-bond donors (Lipinski definition) is 1. The summed E-state index contributed by atoms with van der Waals surface area (Å²) in [7, 11) is 0. The zero-order chi connectivity index (χ0) is 12.0. The molecule has 2 heteroatoms. The Balaban J connectivity index is 2.36. The number of piperidine rings is 1. The zero-order valence-electron chi connectivity index (χ0n) is 11.7. The Morgan fingerprint density at radius 1 is 1.25 bits per heavy atom. The van der Waals surface area contributed by atoms with Gasteiger partial charge in [0.05, 0.1) is 0 Å². The highest BCUT2D eigenvalue weighted by Gasteiger charge is 2.20. The van der Waals surface area contributed by atoms with Crippen molar-refractivity contribution in [3.05, 3.63) is 0 Å². The van der Waals surface area contributed by atoms with Gasteiger partial charge < -0.3 is 10.2 Å². The van der Waals surface area contributed by atoms with Gasteiger partial charge in [0.2, 0.25) is 0 Å². The molecule has 16 heavy (non-hydrogen) atoms. The fraction of sp³-hybridized carbons (Fsp3) is 1.00. The predicted molar refractivity (Wildman–Crippen MR) is 71.8 cm³/mol. The van der Waals surface area contributed by atoms with Gasteiger partial charge in [0.15, 0.2) is 0 Å². The van der Waals surface area contributed by atoms with E-state index in [4.69, 9.17) is 0 Å². The van der Waals surface area contributed by atoms with Crippen molar-refractivity contribution in [3.63, 3.8) is 0 Å². The second-order valence-electron chi connectivity index (χ2n) is 6.44. The van der Waals surface area contributed by atoms with Crippen LogP contribution in [0.15, 0.2) is 0 Å². The molecule has 1 heterocycles. The maximum Gasteiger partial charge on any atom is 0.0195 e. The van der Waals surface area contributed by atoms with Crippen molar-refractivity contribution < 1.29 is 0 Å². The van der Waals surface area contributed by atoms with Crippen molar-refractivity contribution in [1.29, 1.82) is 0 Å². The quantitative estimate of drug-likeness (QED) is 0.775. The fourth-order valence-corrected chi connectivity index (χ4v) is 2.61. The molecule has 0 aromatic carbocycles. The molecule has 0 aromatic rings. The highest BCUT2D eigenvalue weighted by molar-refractivity contribution is 4.78. The molecule has 1 N–H and O–H groups in total. The van der Waals surface area contributed by atoms with Crippen molar-refractivity contribution in [2.24, 2.45) is 5.41 Å². The third kappa shape index (κ3) is 5.86. The standard InChI is InChI=1S/C14H30N2/c1-5-10-16(12-14(2,3)4)11-13-8-6-7-9-15-13/h13,15H,5-12H2,1-4H3. The van der Waals surface area contributed by atoms with E-state index in [2.05, 4.69) is 37.9 Å². The summed E-state index contributed by atoms with van der Waals surface area (Å²) in [6.45, 7) is 14.2. The molecule has 2 nitrogen and oxygen atoms in total. The van der Waals surface area contributed by atoms with Crippen LogP contribution in [-0.2, 0) is 0 Å². The average molecular weight is 226 g/mol. The number of nitrogens with one attached hydrogen (secondary N) is 1. The lowest BCUT2D eigenvalue weighted by molar-refractivity contribution is 0.166. The van der Waals surface area contributed by atoms with E-state index in [1.807, 2.05) is 0 Å². The third-order valence-electron chi connectivity index (χ3n) is 3.13. The maximum atomic E-state index is 3.65. The van der Waals surface area contributed by atoms with Crippen LogP contribution in [0.25, 0.3) is 0 Å². The Labute approximate surface area is 102 Å². The molecule has 1 saturated heterocycles. The molecule has 0 aromatic heterocycles. The van der Waals surface area contributed by atoms with Crippen molar-refractivity contribution in [3.8, 4) is 0 Å². The Morgan fingerprint density at radius 2 is 2.00 bits per heavy atom. The molecule has 96 valence electrons. The summed E-state index contributed by atoms with van der Waals surface area (Å²) in [6.07, 6.45) is 5.41. The maximum absolute atomic E-state index is 3.65. The highest BCUT2D eigenvalue weighted by Crippen LogP contribution is 2.17. The Kier molecular flexibility index (Phi) is 5.77. The van der Waals surface area contributed by atoms with Gasteiger partial charge in [-0.3, -0.25) is 0 Å². The molecule has 1 atom stereocenters. The minimum Gasteiger partial charge on any atom is -0.313 e. The van der Waals surface area contributed by atoms with Crippen molar-refractivity contribution >= 4 is 0 Å². The van der Waals surface area contributed by atoms with Crippen LogP contribution in [0.4, 0.5) is 0 Å². The molecule has 1 aliphatic rings. The van der Waals surface area contributed by atoms with Gasteiger partial charge in [-0.2, -0.15) is 0 Å². The lowest BCUT2D eigenvalue weighted by atomic mass is 9.95. The molecule has 1 rings (SSSR count). The van der Waals surface area contributed by atoms with Gasteiger partial charge in [-0.1, -0.05) is 34.1 Å². The molecule has 0 radical (unpaired) electrons. The second kappa shape index (κ2) is 6.61. The van der Waals surface area contributed by atoms with E-state index in [9.17, 15) is 0 Å². The number of rotatable bonds is 5. The first-order valence-corrected chi connectivity index (χ1v) is 6.97. The highest BCUT2D eigenvalue weighted by atomic mass is 15.2. The number of nitrogens with zero attached hydrogens (tertiary/aromatic N) is 1. The van der Waals surface area contributed by atoms with Crippen LogP contribution in [-0.4, -0.2) is 37.1 Å². The van der Waals surface area contributed by atoms with Crippen LogP contribution in [0.3, 0.4) is 0 Å². The van der Waals surface area contributed by atoms with Crippen molar-refractivity contribution in [1.82, 2.24) is 10.2 Å². The van der Waals surface area contributed by atoms with E-state index in [0.29, 0.717) is 5.41 Å². The summed E-state index contributed by atoms with van der Waals surface area (Å²) < 4.78 is 0. The lowest BCUT2D eigenvalue weighted by Gasteiger charge is -2.34. The van der Waals surface area contributed by atoms with Crippen LogP contribution in [0.5, 0.6) is 0 Å². The van der Waals surface area contributed by atoms with Gasteiger partial charge in [0.25, 0.3) is 0 Å². The van der Waals surface area contributed by atoms with Gasteiger partial charge in [0, 0.05) is 19.1 Å². The first kappa shape index (κ1) is 14.0. The van der Waals surface area contributed by atoms with E-state index in [-0.39, 0.29) is 0 Å². The first-order chi connectivity index (χ1) is 7.51. The summed E-state index contributed by atoms with van der Waals surface area (Å²) in [5, 5.41) is 3.65. The normalized spacial score (nSPS) is 22.7. The minimum absolute atomic E-state index is 0.420. The Morgan fingerprint density at radius 3 is 2.50 bits per heavy atom. The molecule has 0 amide bonds. The molecular weight excluding hydrogens is 196 g/mol. The Hall–Kier alpha value is -0.0800. The van der Waals surface area contributed by atoms with E-state index in [1.54, 1.807) is 0 Å². The smallest absolute Gasteiger partial charge is 0.0195 e. The molecule has 1 fully saturated rings. The van der Waals surface area contributed by atoms with Crippen LogP contribution < -0.4 is 5.32 Å². The van der Waals surface area contributed by atoms with Crippen LogP contribution in [0.1, 0.15) is 53.4 Å². The first-order valence-electron chi connectivity index (χ1n) is 6.97. The fourth-order valence-electron chi connectivity index (χ4n) is 2.61. The SMILES string of the molecule is CCCN(CC1CCCCN1)CC(C)(C)C. The van der Waals surface area contributed by atoms with Gasteiger partial charge in [-0.25, -0.2) is 0 Å². The molecule has 1 aliphatic heterocycles. The van der Waals surface area contributed by atoms with Crippen molar-refractivity contribution in [2.75, 3.05) is 26.2 Å². The predicted octanol–water partition coefficient (Wildman–Crippen LogP) is 2.89. The largest absolute Gasteiger partial charge is 0.313 e. The van der Waals surface area contributed by atoms with E-state index < -0.39 is 0 Å². The van der Waals surface area contributed by atoms with Gasteiger partial charge in [-0.05, 0) is 37.8 Å². The van der Waals surface area contributed by atoms with Crippen LogP contribution in [0.2, 0.25) is 0 Å².